The van der Waals surface area contributed by atoms with E-state index in [0.29, 0.717) is 24.5 Å². The van der Waals surface area contributed by atoms with Crippen molar-refractivity contribution in [3.63, 3.8) is 0 Å². The van der Waals surface area contributed by atoms with Gasteiger partial charge in [-0.3, -0.25) is 4.90 Å². The van der Waals surface area contributed by atoms with Gasteiger partial charge in [0.1, 0.15) is 0 Å². The van der Waals surface area contributed by atoms with Crippen molar-refractivity contribution >= 4 is 17.5 Å². The summed E-state index contributed by atoms with van der Waals surface area (Å²) in [5.41, 5.74) is 7.16. The number of likely N-dealkylation sites (N-methyl/N-ethyl adjacent to an activating group) is 1. The second-order valence-electron chi connectivity index (χ2n) is 4.21. The van der Waals surface area contributed by atoms with Crippen molar-refractivity contribution in [1.29, 1.82) is 0 Å². The Balaban J connectivity index is 2.89. The highest BCUT2D eigenvalue weighted by atomic mass is 16.6. The second kappa shape index (κ2) is 6.86. The molecule has 0 unspecified atom stereocenters. The molecule has 0 bridgehead atoms. The first kappa shape index (κ1) is 14.3. The number of para-hydroxylation sites is 2. The van der Waals surface area contributed by atoms with E-state index < -0.39 is 0 Å². The molecule has 5 heteroatoms. The van der Waals surface area contributed by atoms with Gasteiger partial charge in [-0.1, -0.05) is 12.1 Å². The van der Waals surface area contributed by atoms with Gasteiger partial charge in [-0.2, -0.15) is 0 Å². The van der Waals surface area contributed by atoms with Crippen LogP contribution >= 0.6 is 0 Å². The van der Waals surface area contributed by atoms with E-state index in [1.807, 2.05) is 37.2 Å². The lowest BCUT2D eigenvalue weighted by atomic mass is 10.2. The van der Waals surface area contributed by atoms with E-state index in [4.69, 9.17) is 10.5 Å². The maximum atomic E-state index is 11.9. The largest absolute Gasteiger partial charge is 0.449 e. The summed E-state index contributed by atoms with van der Waals surface area (Å²) in [6.45, 7) is 3.42. The summed E-state index contributed by atoms with van der Waals surface area (Å²) in [5, 5.41) is 0. The molecule has 1 amide bonds. The molecule has 0 atom stereocenters. The van der Waals surface area contributed by atoms with E-state index in [0.717, 1.165) is 6.54 Å². The summed E-state index contributed by atoms with van der Waals surface area (Å²) in [5.74, 6) is 0. The molecular formula is C13H21N3O2. The molecule has 1 aromatic rings. The number of nitrogen functional groups attached to an aromatic ring is 1. The number of hydrogen-bond donors (Lipinski definition) is 1. The van der Waals surface area contributed by atoms with E-state index in [1.54, 1.807) is 17.9 Å². The number of carbonyl (C=O) groups is 1. The fourth-order valence-corrected chi connectivity index (χ4v) is 1.54. The van der Waals surface area contributed by atoms with Crippen LogP contribution in [0.4, 0.5) is 16.2 Å². The van der Waals surface area contributed by atoms with Crippen molar-refractivity contribution in [3.8, 4) is 0 Å². The third-order valence-electron chi connectivity index (χ3n) is 2.49. The molecule has 5 nitrogen and oxygen atoms in total. The Hall–Kier alpha value is -1.75. The van der Waals surface area contributed by atoms with Crippen LogP contribution in [0.25, 0.3) is 0 Å². The van der Waals surface area contributed by atoms with Crippen LogP contribution in [0.2, 0.25) is 0 Å². The lowest BCUT2D eigenvalue weighted by molar-refractivity contribution is 0.159. The van der Waals surface area contributed by atoms with Gasteiger partial charge in [0, 0.05) is 13.1 Å². The summed E-state index contributed by atoms with van der Waals surface area (Å²) in [7, 11) is 3.91. The summed E-state index contributed by atoms with van der Waals surface area (Å²) in [4.78, 5) is 15.5. The molecule has 0 aromatic heterocycles. The number of hydrogen-bond acceptors (Lipinski definition) is 4. The summed E-state index contributed by atoms with van der Waals surface area (Å²) in [6, 6.07) is 7.29. The van der Waals surface area contributed by atoms with Gasteiger partial charge < -0.3 is 15.4 Å². The van der Waals surface area contributed by atoms with Crippen LogP contribution in [0.15, 0.2) is 24.3 Å². The maximum Gasteiger partial charge on any atom is 0.414 e. The van der Waals surface area contributed by atoms with Crippen molar-refractivity contribution in [3.05, 3.63) is 24.3 Å². The molecule has 0 fully saturated rings. The van der Waals surface area contributed by atoms with Gasteiger partial charge >= 0.3 is 6.09 Å². The molecule has 1 rings (SSSR count). The topological polar surface area (TPSA) is 58.8 Å². The van der Waals surface area contributed by atoms with Crippen LogP contribution in [0.3, 0.4) is 0 Å². The molecule has 0 spiro atoms. The second-order valence-corrected chi connectivity index (χ2v) is 4.21. The zero-order chi connectivity index (χ0) is 13.5. The Morgan fingerprint density at radius 2 is 1.94 bits per heavy atom. The van der Waals surface area contributed by atoms with E-state index in [9.17, 15) is 4.79 Å². The quantitative estimate of drug-likeness (QED) is 0.811. The zero-order valence-electron chi connectivity index (χ0n) is 11.2. The number of rotatable bonds is 5. The van der Waals surface area contributed by atoms with Crippen LogP contribution in [-0.2, 0) is 4.74 Å². The lowest BCUT2D eigenvalue weighted by Gasteiger charge is -2.24. The molecule has 0 aliphatic rings. The van der Waals surface area contributed by atoms with Crippen LogP contribution < -0.4 is 10.6 Å². The third-order valence-corrected chi connectivity index (χ3v) is 2.49. The number of carbonyl (C=O) groups excluding carboxylic acids is 1. The molecule has 0 radical (unpaired) electrons. The van der Waals surface area contributed by atoms with Crippen LogP contribution in [0, 0.1) is 0 Å². The molecule has 0 saturated heterocycles. The smallest absolute Gasteiger partial charge is 0.414 e. The van der Waals surface area contributed by atoms with Crippen molar-refractivity contribution in [2.45, 2.75) is 6.92 Å². The average Bonchev–Trinajstić information content (AvgIpc) is 2.31. The number of nitrogens with zero attached hydrogens (tertiary/aromatic N) is 2. The third kappa shape index (κ3) is 3.92. The highest BCUT2D eigenvalue weighted by Crippen LogP contribution is 2.22. The zero-order valence-corrected chi connectivity index (χ0v) is 11.2. The SMILES string of the molecule is CCOC(=O)N(CCN(C)C)c1ccccc1N. The standard InChI is InChI=1S/C13H21N3O2/c1-4-18-13(17)16(10-9-15(2)3)12-8-6-5-7-11(12)14/h5-8H,4,9-10,14H2,1-3H3. The van der Waals surface area contributed by atoms with E-state index in [1.165, 1.54) is 0 Å². The molecule has 18 heavy (non-hydrogen) atoms. The predicted octanol–water partition coefficient (Wildman–Crippen LogP) is 1.79. The van der Waals surface area contributed by atoms with Crippen LogP contribution in [0.1, 0.15) is 6.92 Å². The Kier molecular flexibility index (Phi) is 5.45. The monoisotopic (exact) mass is 251 g/mol. The van der Waals surface area contributed by atoms with E-state index in [-0.39, 0.29) is 6.09 Å². The maximum absolute atomic E-state index is 11.9. The summed E-state index contributed by atoms with van der Waals surface area (Å²) in [6.07, 6.45) is -0.364. The number of ether oxygens (including phenoxy) is 1. The highest BCUT2D eigenvalue weighted by molar-refractivity contribution is 5.91. The molecule has 0 aliphatic heterocycles. The summed E-state index contributed by atoms with van der Waals surface area (Å²) < 4.78 is 5.06. The van der Waals surface area contributed by atoms with Gasteiger partial charge in [-0.15, -0.1) is 0 Å². The van der Waals surface area contributed by atoms with Crippen molar-refractivity contribution in [2.75, 3.05) is 44.4 Å². The molecule has 100 valence electrons. The molecule has 0 heterocycles. The average molecular weight is 251 g/mol. The molecule has 2 N–H and O–H groups in total. The minimum absolute atomic E-state index is 0.351. The first-order valence-electron chi connectivity index (χ1n) is 5.99. The van der Waals surface area contributed by atoms with Crippen LogP contribution in [-0.4, -0.2) is 44.8 Å². The number of benzene rings is 1. The van der Waals surface area contributed by atoms with Crippen molar-refractivity contribution in [1.82, 2.24) is 4.90 Å². The normalized spacial score (nSPS) is 10.4. The predicted molar refractivity (Wildman–Crippen MR) is 73.8 cm³/mol. The minimum atomic E-state index is -0.364. The van der Waals surface area contributed by atoms with E-state index in [2.05, 4.69) is 0 Å². The number of anilines is 2. The van der Waals surface area contributed by atoms with Gasteiger partial charge in [-0.05, 0) is 33.2 Å². The first-order chi connectivity index (χ1) is 8.56. The van der Waals surface area contributed by atoms with Crippen LogP contribution in [0.5, 0.6) is 0 Å². The Labute approximate surface area is 108 Å². The summed E-state index contributed by atoms with van der Waals surface area (Å²) >= 11 is 0. The van der Waals surface area contributed by atoms with Gasteiger partial charge in [0.25, 0.3) is 0 Å². The fraction of sp³-hybridized carbons (Fsp3) is 0.462. The Bertz CT molecular complexity index is 394. The van der Waals surface area contributed by atoms with Gasteiger partial charge in [0.15, 0.2) is 0 Å². The van der Waals surface area contributed by atoms with Gasteiger partial charge in [0.05, 0.1) is 18.0 Å². The highest BCUT2D eigenvalue weighted by Gasteiger charge is 2.18. The Morgan fingerprint density at radius 3 is 2.50 bits per heavy atom. The lowest BCUT2D eigenvalue weighted by Crippen LogP contribution is -2.37. The van der Waals surface area contributed by atoms with Crippen molar-refractivity contribution in [2.24, 2.45) is 0 Å². The molecule has 1 aromatic carbocycles. The fourth-order valence-electron chi connectivity index (χ4n) is 1.54. The Morgan fingerprint density at radius 1 is 1.28 bits per heavy atom. The number of nitrogens with two attached hydrogens (primary N) is 1. The minimum Gasteiger partial charge on any atom is -0.449 e. The van der Waals surface area contributed by atoms with Gasteiger partial charge in [-0.25, -0.2) is 4.79 Å². The molecule has 0 saturated carbocycles. The molecule has 0 aliphatic carbocycles. The first-order valence-corrected chi connectivity index (χ1v) is 5.99. The number of amides is 1. The van der Waals surface area contributed by atoms with Gasteiger partial charge in [0.2, 0.25) is 0 Å². The van der Waals surface area contributed by atoms with E-state index >= 15 is 0 Å². The molecular weight excluding hydrogens is 230 g/mol. The van der Waals surface area contributed by atoms with Crippen molar-refractivity contribution < 1.29 is 9.53 Å².